The van der Waals surface area contributed by atoms with E-state index in [-0.39, 0.29) is 4.90 Å². The van der Waals surface area contributed by atoms with Crippen molar-refractivity contribution in [1.82, 2.24) is 0 Å². The first-order chi connectivity index (χ1) is 6.54. The molecule has 0 aliphatic carbocycles. The standard InChI is InChI=1S/C9H8ClNO2S/c10-14(12,13)9-5-3-8(4-6-9)2-1-7-11/h3-6H,1-2H2. The molecule has 1 aromatic rings. The van der Waals surface area contributed by atoms with E-state index in [1.54, 1.807) is 12.1 Å². The molecule has 14 heavy (non-hydrogen) atoms. The summed E-state index contributed by atoms with van der Waals surface area (Å²) in [5, 5.41) is 8.34. The fraction of sp³-hybridized carbons (Fsp3) is 0.222. The molecule has 0 spiro atoms. The van der Waals surface area contributed by atoms with E-state index in [9.17, 15) is 8.42 Å². The molecule has 0 radical (unpaired) electrons. The second-order valence-corrected chi connectivity index (χ2v) is 5.31. The molecule has 0 N–H and O–H groups in total. The maximum Gasteiger partial charge on any atom is 0.261 e. The third-order valence-corrected chi connectivity index (χ3v) is 3.10. The van der Waals surface area contributed by atoms with Gasteiger partial charge in [-0.25, -0.2) is 8.42 Å². The van der Waals surface area contributed by atoms with Crippen molar-refractivity contribution >= 4 is 19.7 Å². The average molecular weight is 230 g/mol. The molecule has 0 saturated heterocycles. The summed E-state index contributed by atoms with van der Waals surface area (Å²) in [6.07, 6.45) is 1.05. The van der Waals surface area contributed by atoms with Gasteiger partial charge in [0.25, 0.3) is 9.05 Å². The number of nitriles is 1. The van der Waals surface area contributed by atoms with Gasteiger partial charge in [-0.3, -0.25) is 0 Å². The van der Waals surface area contributed by atoms with E-state index in [2.05, 4.69) is 0 Å². The maximum atomic E-state index is 10.9. The van der Waals surface area contributed by atoms with E-state index in [4.69, 9.17) is 15.9 Å². The van der Waals surface area contributed by atoms with Gasteiger partial charge in [0.1, 0.15) is 0 Å². The second kappa shape index (κ2) is 4.45. The number of hydrogen-bond acceptors (Lipinski definition) is 3. The van der Waals surface area contributed by atoms with E-state index >= 15 is 0 Å². The molecular formula is C9H8ClNO2S. The lowest BCUT2D eigenvalue weighted by atomic mass is 10.1. The summed E-state index contributed by atoms with van der Waals surface area (Å²) < 4.78 is 21.7. The first-order valence-electron chi connectivity index (χ1n) is 3.94. The van der Waals surface area contributed by atoms with Crippen LogP contribution in [0.1, 0.15) is 12.0 Å². The van der Waals surface area contributed by atoms with Crippen molar-refractivity contribution in [3.05, 3.63) is 29.8 Å². The fourth-order valence-corrected chi connectivity index (χ4v) is 1.79. The Morgan fingerprint density at radius 1 is 1.29 bits per heavy atom. The van der Waals surface area contributed by atoms with Gasteiger partial charge >= 0.3 is 0 Å². The molecule has 5 heteroatoms. The van der Waals surface area contributed by atoms with Gasteiger partial charge in [-0.2, -0.15) is 5.26 Å². The highest BCUT2D eigenvalue weighted by molar-refractivity contribution is 8.13. The summed E-state index contributed by atoms with van der Waals surface area (Å²) in [6.45, 7) is 0. The largest absolute Gasteiger partial charge is 0.261 e. The highest BCUT2D eigenvalue weighted by Crippen LogP contribution is 2.15. The molecule has 0 bridgehead atoms. The molecule has 0 saturated carbocycles. The molecule has 0 atom stereocenters. The number of halogens is 1. The van der Waals surface area contributed by atoms with Crippen LogP contribution in [0.3, 0.4) is 0 Å². The zero-order chi connectivity index (χ0) is 10.6. The van der Waals surface area contributed by atoms with Gasteiger partial charge in [-0.15, -0.1) is 0 Å². The number of nitrogens with zero attached hydrogens (tertiary/aromatic N) is 1. The van der Waals surface area contributed by atoms with Crippen molar-refractivity contribution < 1.29 is 8.42 Å². The smallest absolute Gasteiger partial charge is 0.207 e. The fourth-order valence-electron chi connectivity index (χ4n) is 1.02. The first-order valence-corrected chi connectivity index (χ1v) is 6.25. The van der Waals surface area contributed by atoms with Gasteiger partial charge in [0, 0.05) is 17.1 Å². The van der Waals surface area contributed by atoms with Gasteiger partial charge in [0.2, 0.25) is 0 Å². The van der Waals surface area contributed by atoms with Crippen molar-refractivity contribution in [3.63, 3.8) is 0 Å². The Hall–Kier alpha value is -1.05. The monoisotopic (exact) mass is 229 g/mol. The minimum Gasteiger partial charge on any atom is -0.207 e. The Morgan fingerprint density at radius 2 is 1.86 bits per heavy atom. The molecule has 1 rings (SSSR count). The Morgan fingerprint density at radius 3 is 2.29 bits per heavy atom. The van der Waals surface area contributed by atoms with Crippen LogP contribution in [-0.2, 0) is 15.5 Å². The molecule has 0 aliphatic rings. The first kappa shape index (κ1) is 11.0. The van der Waals surface area contributed by atoms with Crippen molar-refractivity contribution in [2.75, 3.05) is 0 Å². The molecule has 0 aromatic heterocycles. The lowest BCUT2D eigenvalue weighted by Gasteiger charge is -1.98. The minimum atomic E-state index is -3.63. The topological polar surface area (TPSA) is 57.9 Å². The van der Waals surface area contributed by atoms with Crippen molar-refractivity contribution in [3.8, 4) is 6.07 Å². The molecule has 74 valence electrons. The Kier molecular flexibility index (Phi) is 3.50. The summed E-state index contributed by atoms with van der Waals surface area (Å²) in [7, 11) is 1.50. The summed E-state index contributed by atoms with van der Waals surface area (Å²) >= 11 is 0. The number of rotatable bonds is 3. The summed E-state index contributed by atoms with van der Waals surface area (Å²) in [4.78, 5) is 0.0832. The highest BCUT2D eigenvalue weighted by Gasteiger charge is 2.08. The van der Waals surface area contributed by atoms with Crippen LogP contribution in [0.25, 0.3) is 0 Å². The van der Waals surface area contributed by atoms with Crippen LogP contribution in [0.15, 0.2) is 29.2 Å². The Labute approximate surface area is 87.4 Å². The zero-order valence-corrected chi connectivity index (χ0v) is 8.85. The molecule has 0 heterocycles. The Bertz CT molecular complexity index is 445. The van der Waals surface area contributed by atoms with E-state index in [0.717, 1.165) is 5.56 Å². The predicted octanol–water partition coefficient (Wildman–Crippen LogP) is 2.07. The highest BCUT2D eigenvalue weighted by atomic mass is 35.7. The van der Waals surface area contributed by atoms with Crippen molar-refractivity contribution in [2.45, 2.75) is 17.7 Å². The van der Waals surface area contributed by atoms with Gasteiger partial charge < -0.3 is 0 Å². The predicted molar refractivity (Wildman–Crippen MR) is 53.4 cm³/mol. The van der Waals surface area contributed by atoms with Gasteiger partial charge in [0.15, 0.2) is 0 Å². The third kappa shape index (κ3) is 3.02. The van der Waals surface area contributed by atoms with E-state index in [1.165, 1.54) is 12.1 Å². The van der Waals surface area contributed by atoms with E-state index in [1.807, 2.05) is 6.07 Å². The van der Waals surface area contributed by atoms with Gasteiger partial charge in [-0.1, -0.05) is 12.1 Å². The van der Waals surface area contributed by atoms with E-state index < -0.39 is 9.05 Å². The van der Waals surface area contributed by atoms with Crippen LogP contribution in [0, 0.1) is 11.3 Å². The van der Waals surface area contributed by atoms with Crippen LogP contribution in [0.2, 0.25) is 0 Å². The molecule has 0 unspecified atom stereocenters. The zero-order valence-electron chi connectivity index (χ0n) is 7.27. The molecule has 1 aromatic carbocycles. The van der Waals surface area contributed by atoms with Crippen LogP contribution in [-0.4, -0.2) is 8.42 Å². The summed E-state index contributed by atoms with van der Waals surface area (Å²) in [5.74, 6) is 0. The molecule has 0 aliphatic heterocycles. The normalized spacial score (nSPS) is 10.9. The van der Waals surface area contributed by atoms with Crippen LogP contribution in [0.4, 0.5) is 0 Å². The lowest BCUT2D eigenvalue weighted by molar-refractivity contribution is 0.609. The number of aryl methyl sites for hydroxylation is 1. The molecular weight excluding hydrogens is 222 g/mol. The van der Waals surface area contributed by atoms with Gasteiger partial charge in [0.05, 0.1) is 11.0 Å². The quantitative estimate of drug-likeness (QED) is 0.746. The van der Waals surface area contributed by atoms with Crippen LogP contribution < -0.4 is 0 Å². The summed E-state index contributed by atoms with van der Waals surface area (Å²) in [5.41, 5.74) is 0.926. The van der Waals surface area contributed by atoms with Crippen molar-refractivity contribution in [2.24, 2.45) is 0 Å². The van der Waals surface area contributed by atoms with Crippen LogP contribution >= 0.6 is 10.7 Å². The number of benzene rings is 1. The van der Waals surface area contributed by atoms with E-state index in [0.29, 0.717) is 12.8 Å². The maximum absolute atomic E-state index is 10.9. The summed E-state index contributed by atoms with van der Waals surface area (Å²) in [6, 6.07) is 8.21. The minimum absolute atomic E-state index is 0.0832. The van der Waals surface area contributed by atoms with Crippen molar-refractivity contribution in [1.29, 1.82) is 5.26 Å². The Balaban J connectivity index is 2.86. The van der Waals surface area contributed by atoms with Crippen LogP contribution in [0.5, 0.6) is 0 Å². The molecule has 3 nitrogen and oxygen atoms in total. The van der Waals surface area contributed by atoms with Gasteiger partial charge in [-0.05, 0) is 24.1 Å². The second-order valence-electron chi connectivity index (χ2n) is 2.74. The number of hydrogen-bond donors (Lipinski definition) is 0. The average Bonchev–Trinajstić information content (AvgIpc) is 2.14. The lowest BCUT2D eigenvalue weighted by Crippen LogP contribution is -1.91. The molecule has 0 fully saturated rings. The molecule has 0 amide bonds. The SMILES string of the molecule is N#CCCc1ccc(S(=O)(=O)Cl)cc1. The third-order valence-electron chi connectivity index (χ3n) is 1.73.